The highest BCUT2D eigenvalue weighted by atomic mass is 127. The van der Waals surface area contributed by atoms with Gasteiger partial charge in [0.15, 0.2) is 6.61 Å². The number of carbonyl (C=O) groups is 1. The van der Waals surface area contributed by atoms with Gasteiger partial charge in [0.25, 0.3) is 5.91 Å². The summed E-state index contributed by atoms with van der Waals surface area (Å²) < 4.78 is 7.47. The van der Waals surface area contributed by atoms with E-state index < -0.39 is 5.91 Å². The SMILES string of the molecule is O=C(COc1ccc(Cl)cc1Br)N/N=C/c1cc(I)c(O)c(I)c1. The van der Waals surface area contributed by atoms with Crippen LogP contribution in [-0.2, 0) is 4.79 Å². The quantitative estimate of drug-likeness (QED) is 0.288. The lowest BCUT2D eigenvalue weighted by Crippen LogP contribution is -2.24. The molecule has 5 nitrogen and oxygen atoms in total. The lowest BCUT2D eigenvalue weighted by atomic mass is 10.2. The number of halogens is 4. The van der Waals surface area contributed by atoms with E-state index in [4.69, 9.17) is 16.3 Å². The van der Waals surface area contributed by atoms with E-state index in [0.29, 0.717) is 22.4 Å². The number of amides is 1. The number of hydrogen-bond acceptors (Lipinski definition) is 4. The first-order chi connectivity index (χ1) is 11.4. The third kappa shape index (κ3) is 5.74. The van der Waals surface area contributed by atoms with Crippen LogP contribution < -0.4 is 10.2 Å². The summed E-state index contributed by atoms with van der Waals surface area (Å²) in [6, 6.07) is 8.54. The molecule has 0 unspecified atom stereocenters. The van der Waals surface area contributed by atoms with Crippen LogP contribution in [-0.4, -0.2) is 23.8 Å². The van der Waals surface area contributed by atoms with E-state index in [2.05, 4.69) is 26.5 Å². The van der Waals surface area contributed by atoms with Crippen LogP contribution in [0.25, 0.3) is 0 Å². The first-order valence-electron chi connectivity index (χ1n) is 6.44. The summed E-state index contributed by atoms with van der Waals surface area (Å²) in [6.45, 7) is -0.178. The Morgan fingerprint density at radius 2 is 2.00 bits per heavy atom. The number of hydrogen-bond donors (Lipinski definition) is 2. The van der Waals surface area contributed by atoms with Crippen LogP contribution in [0.3, 0.4) is 0 Å². The van der Waals surface area contributed by atoms with E-state index in [1.54, 1.807) is 30.3 Å². The van der Waals surface area contributed by atoms with Crippen molar-refractivity contribution >= 4 is 84.8 Å². The molecule has 0 heterocycles. The first kappa shape index (κ1) is 19.7. The van der Waals surface area contributed by atoms with E-state index in [0.717, 1.165) is 5.56 Å². The highest BCUT2D eigenvalue weighted by molar-refractivity contribution is 14.1. The number of nitrogens with one attached hydrogen (secondary N) is 1. The van der Waals surface area contributed by atoms with Crippen molar-refractivity contribution in [2.45, 2.75) is 0 Å². The molecule has 24 heavy (non-hydrogen) atoms. The Hall–Kier alpha value is -0.590. The molecule has 0 aromatic heterocycles. The van der Waals surface area contributed by atoms with Gasteiger partial charge in [-0.15, -0.1) is 0 Å². The fraction of sp³-hybridized carbons (Fsp3) is 0.0667. The molecule has 1 amide bonds. The molecule has 0 aliphatic rings. The molecule has 0 fully saturated rings. The molecular weight excluding hydrogens is 625 g/mol. The fourth-order valence-corrected chi connectivity index (χ4v) is 4.22. The van der Waals surface area contributed by atoms with Gasteiger partial charge >= 0.3 is 0 Å². The average molecular weight is 635 g/mol. The first-order valence-corrected chi connectivity index (χ1v) is 9.77. The van der Waals surface area contributed by atoms with Gasteiger partial charge in [0.1, 0.15) is 11.5 Å². The second kappa shape index (κ2) is 9.20. The molecule has 2 aromatic carbocycles. The topological polar surface area (TPSA) is 70.9 Å². The Morgan fingerprint density at radius 3 is 2.62 bits per heavy atom. The molecule has 0 radical (unpaired) electrons. The number of nitrogens with zero attached hydrogens (tertiary/aromatic N) is 1. The molecule has 0 saturated heterocycles. The summed E-state index contributed by atoms with van der Waals surface area (Å²) in [4.78, 5) is 11.7. The molecule has 2 aromatic rings. The minimum absolute atomic E-state index is 0.178. The van der Waals surface area contributed by atoms with Crippen molar-refractivity contribution < 1.29 is 14.6 Å². The zero-order chi connectivity index (χ0) is 17.7. The van der Waals surface area contributed by atoms with Crippen LogP contribution >= 0.6 is 72.7 Å². The van der Waals surface area contributed by atoms with Crippen molar-refractivity contribution in [1.82, 2.24) is 5.43 Å². The molecule has 0 atom stereocenters. The molecule has 2 rings (SSSR count). The summed E-state index contributed by atoms with van der Waals surface area (Å²) in [5.41, 5.74) is 3.15. The summed E-state index contributed by atoms with van der Waals surface area (Å²) in [7, 11) is 0. The maximum atomic E-state index is 11.7. The summed E-state index contributed by atoms with van der Waals surface area (Å²) in [5, 5.41) is 14.2. The Morgan fingerprint density at radius 1 is 1.33 bits per heavy atom. The van der Waals surface area contributed by atoms with Gasteiger partial charge in [-0.3, -0.25) is 4.79 Å². The number of carbonyl (C=O) groups excluding carboxylic acids is 1. The largest absolute Gasteiger partial charge is 0.506 e. The maximum absolute atomic E-state index is 11.7. The second-order valence-electron chi connectivity index (χ2n) is 4.49. The van der Waals surface area contributed by atoms with Crippen molar-refractivity contribution in [3.63, 3.8) is 0 Å². The van der Waals surface area contributed by atoms with Crippen LogP contribution in [0.4, 0.5) is 0 Å². The molecule has 2 N–H and O–H groups in total. The Labute approximate surface area is 179 Å². The highest BCUT2D eigenvalue weighted by Gasteiger charge is 2.06. The monoisotopic (exact) mass is 634 g/mol. The molecule has 126 valence electrons. The van der Waals surface area contributed by atoms with Gasteiger partial charge < -0.3 is 9.84 Å². The van der Waals surface area contributed by atoms with Crippen molar-refractivity contribution in [2.24, 2.45) is 5.10 Å². The van der Waals surface area contributed by atoms with E-state index >= 15 is 0 Å². The lowest BCUT2D eigenvalue weighted by Gasteiger charge is -2.07. The fourth-order valence-electron chi connectivity index (χ4n) is 1.61. The number of benzene rings is 2. The van der Waals surface area contributed by atoms with Gasteiger partial charge in [-0.1, -0.05) is 11.6 Å². The average Bonchev–Trinajstić information content (AvgIpc) is 2.51. The maximum Gasteiger partial charge on any atom is 0.277 e. The minimum Gasteiger partial charge on any atom is -0.506 e. The zero-order valence-electron chi connectivity index (χ0n) is 11.9. The third-order valence-corrected chi connectivity index (χ3v) is 5.19. The van der Waals surface area contributed by atoms with Crippen molar-refractivity contribution in [3.05, 3.63) is 52.5 Å². The number of rotatable bonds is 5. The standard InChI is InChI=1S/C15H10BrClI2N2O3/c16-10-5-9(17)1-2-13(10)24-7-14(22)21-20-6-8-3-11(18)15(23)12(19)4-8/h1-6,23H,7H2,(H,21,22)/b20-6+. The molecule has 9 heteroatoms. The van der Waals surface area contributed by atoms with Crippen LogP contribution in [0.15, 0.2) is 39.9 Å². The Balaban J connectivity index is 1.89. The predicted octanol–water partition coefficient (Wildman–Crippen LogP) is 4.55. The van der Waals surface area contributed by atoms with Gasteiger partial charge in [0.05, 0.1) is 17.8 Å². The molecular formula is C15H10BrClI2N2O3. The Kier molecular flexibility index (Phi) is 7.57. The smallest absolute Gasteiger partial charge is 0.277 e. The number of phenolic OH excluding ortho intramolecular Hbond substituents is 1. The summed E-state index contributed by atoms with van der Waals surface area (Å²) in [5.74, 6) is 0.358. The third-order valence-electron chi connectivity index (χ3n) is 2.69. The van der Waals surface area contributed by atoms with E-state index in [9.17, 15) is 9.90 Å². The summed E-state index contributed by atoms with van der Waals surface area (Å²) >= 11 is 13.2. The highest BCUT2D eigenvalue weighted by Crippen LogP contribution is 2.28. The Bertz CT molecular complexity index is 779. The van der Waals surface area contributed by atoms with Crippen molar-refractivity contribution in [1.29, 1.82) is 0 Å². The van der Waals surface area contributed by atoms with E-state index in [-0.39, 0.29) is 12.4 Å². The van der Waals surface area contributed by atoms with Crippen LogP contribution in [0.2, 0.25) is 5.02 Å². The number of hydrazone groups is 1. The molecule has 0 aliphatic heterocycles. The molecule has 0 spiro atoms. The van der Waals surface area contributed by atoms with E-state index in [1.165, 1.54) is 6.21 Å². The van der Waals surface area contributed by atoms with Gasteiger partial charge in [-0.2, -0.15) is 5.10 Å². The van der Waals surface area contributed by atoms with Gasteiger partial charge in [0, 0.05) is 5.02 Å². The molecule has 0 bridgehead atoms. The number of ether oxygens (including phenoxy) is 1. The minimum atomic E-state index is -0.392. The van der Waals surface area contributed by atoms with Crippen LogP contribution in [0, 0.1) is 7.14 Å². The van der Waals surface area contributed by atoms with Gasteiger partial charge in [0.2, 0.25) is 0 Å². The zero-order valence-corrected chi connectivity index (χ0v) is 18.6. The normalized spacial score (nSPS) is 10.8. The van der Waals surface area contributed by atoms with Gasteiger partial charge in [-0.05, 0) is 97.0 Å². The second-order valence-corrected chi connectivity index (χ2v) is 8.10. The molecule has 0 aliphatic carbocycles. The van der Waals surface area contributed by atoms with E-state index in [1.807, 2.05) is 45.2 Å². The van der Waals surface area contributed by atoms with Crippen molar-refractivity contribution in [2.75, 3.05) is 6.61 Å². The predicted molar refractivity (Wildman–Crippen MR) is 114 cm³/mol. The number of phenols is 1. The lowest BCUT2D eigenvalue weighted by molar-refractivity contribution is -0.123. The van der Waals surface area contributed by atoms with Gasteiger partial charge in [-0.25, -0.2) is 5.43 Å². The van der Waals surface area contributed by atoms with Crippen molar-refractivity contribution in [3.8, 4) is 11.5 Å². The van der Waals surface area contributed by atoms with Crippen LogP contribution in [0.1, 0.15) is 5.56 Å². The summed E-state index contributed by atoms with van der Waals surface area (Å²) in [6.07, 6.45) is 1.50. The molecule has 0 saturated carbocycles. The van der Waals surface area contributed by atoms with Crippen LogP contribution in [0.5, 0.6) is 11.5 Å². The number of aromatic hydroxyl groups is 1.